The molecule has 2 aliphatic rings. The number of likely N-dealkylation sites (tertiary alicyclic amines) is 1. The van der Waals surface area contributed by atoms with Crippen molar-refractivity contribution >= 4 is 11.9 Å². The normalized spacial score (nSPS) is 21.6. The predicted molar refractivity (Wildman–Crippen MR) is 137 cm³/mol. The number of nitrogens with zero attached hydrogens (tertiary/aromatic N) is 5. The number of ether oxygens (including phenoxy) is 2. The van der Waals surface area contributed by atoms with Crippen LogP contribution in [0.3, 0.4) is 0 Å². The maximum Gasteiger partial charge on any atom is 0.233 e. The number of imidazole rings is 1. The van der Waals surface area contributed by atoms with E-state index >= 15 is 0 Å². The number of halogens is 1. The molecule has 1 aromatic carbocycles. The molecule has 0 unspecified atom stereocenters. The molecule has 0 atom stereocenters. The Kier molecular flexibility index (Phi) is 7.62. The quantitative estimate of drug-likeness (QED) is 0.447. The summed E-state index contributed by atoms with van der Waals surface area (Å²) in [6.07, 6.45) is 4.31. The van der Waals surface area contributed by atoms with E-state index in [1.54, 1.807) is 24.4 Å². The van der Waals surface area contributed by atoms with Crippen molar-refractivity contribution in [1.29, 1.82) is 5.26 Å². The molecule has 2 aromatic heterocycles. The number of carbonyl (C=O) groups is 1. The molecule has 4 heterocycles. The lowest BCUT2D eigenvalue weighted by molar-refractivity contribution is -0.234. The molecule has 0 radical (unpaired) electrons. The number of hydrogen-bond donors (Lipinski definition) is 2. The Morgan fingerprint density at radius 2 is 1.92 bits per heavy atom. The van der Waals surface area contributed by atoms with Gasteiger partial charge in [0.05, 0.1) is 48.2 Å². The minimum absolute atomic E-state index is 0.0557. The Hall–Kier alpha value is -3.88. The zero-order chi connectivity index (χ0) is 26.5. The van der Waals surface area contributed by atoms with Crippen molar-refractivity contribution in [2.24, 2.45) is 5.41 Å². The first-order valence-electron chi connectivity index (χ1n) is 12.8. The Labute approximate surface area is 220 Å². The number of hydrogen-bond acceptors (Lipinski definition) is 8. The summed E-state index contributed by atoms with van der Waals surface area (Å²) >= 11 is 0. The average Bonchev–Trinajstić information content (AvgIpc) is 3.40. The van der Waals surface area contributed by atoms with Crippen LogP contribution in [0.5, 0.6) is 0 Å². The van der Waals surface area contributed by atoms with E-state index in [2.05, 4.69) is 26.3 Å². The summed E-state index contributed by atoms with van der Waals surface area (Å²) in [4.78, 5) is 31.9. The van der Waals surface area contributed by atoms with Crippen molar-refractivity contribution in [3.05, 3.63) is 48.2 Å². The van der Waals surface area contributed by atoms with Gasteiger partial charge in [-0.05, 0) is 56.5 Å². The van der Waals surface area contributed by atoms with Crippen LogP contribution in [0.15, 0.2) is 36.5 Å². The van der Waals surface area contributed by atoms with Gasteiger partial charge in [0.15, 0.2) is 5.82 Å². The van der Waals surface area contributed by atoms with Crippen molar-refractivity contribution in [3.8, 4) is 28.7 Å². The molecule has 38 heavy (non-hydrogen) atoms. The number of aromatic amines is 1. The first-order valence-corrected chi connectivity index (χ1v) is 12.8. The van der Waals surface area contributed by atoms with E-state index in [0.717, 1.165) is 32.4 Å². The van der Waals surface area contributed by atoms with E-state index in [4.69, 9.17) is 19.7 Å². The third kappa shape index (κ3) is 5.51. The van der Waals surface area contributed by atoms with Crippen LogP contribution in [0.4, 0.5) is 10.3 Å². The second-order valence-electron chi connectivity index (χ2n) is 9.82. The largest absolute Gasteiger partial charge is 0.353 e. The van der Waals surface area contributed by atoms with Crippen molar-refractivity contribution < 1.29 is 18.7 Å². The van der Waals surface area contributed by atoms with Gasteiger partial charge in [-0.25, -0.2) is 19.3 Å². The summed E-state index contributed by atoms with van der Waals surface area (Å²) < 4.78 is 25.7. The minimum Gasteiger partial charge on any atom is -0.353 e. The first kappa shape index (κ1) is 25.8. The van der Waals surface area contributed by atoms with E-state index in [9.17, 15) is 9.18 Å². The molecule has 198 valence electrons. The van der Waals surface area contributed by atoms with Crippen molar-refractivity contribution in [2.45, 2.75) is 38.9 Å². The van der Waals surface area contributed by atoms with Gasteiger partial charge in [-0.1, -0.05) is 0 Å². The number of nitriles is 1. The predicted octanol–water partition coefficient (Wildman–Crippen LogP) is 4.06. The van der Waals surface area contributed by atoms with Crippen molar-refractivity contribution in [3.63, 3.8) is 0 Å². The Bertz CT molecular complexity index is 1310. The third-order valence-corrected chi connectivity index (χ3v) is 6.76. The highest BCUT2D eigenvalue weighted by Crippen LogP contribution is 2.36. The second kappa shape index (κ2) is 11.2. The van der Waals surface area contributed by atoms with Crippen LogP contribution in [0.2, 0.25) is 0 Å². The number of aromatic nitrogens is 4. The van der Waals surface area contributed by atoms with Gasteiger partial charge in [-0.3, -0.25) is 4.79 Å². The maximum atomic E-state index is 13.6. The molecular formula is C27H30FN7O3. The summed E-state index contributed by atoms with van der Waals surface area (Å²) in [5.41, 5.74) is 1.61. The van der Waals surface area contributed by atoms with Gasteiger partial charge in [-0.2, -0.15) is 5.26 Å². The molecule has 0 saturated carbocycles. The molecular weight excluding hydrogens is 489 g/mol. The number of amides is 1. The minimum atomic E-state index is -0.805. The lowest BCUT2D eigenvalue weighted by Crippen LogP contribution is -2.51. The van der Waals surface area contributed by atoms with Crippen molar-refractivity contribution in [1.82, 2.24) is 24.8 Å². The van der Waals surface area contributed by atoms with Gasteiger partial charge in [0.2, 0.25) is 18.1 Å². The number of benzene rings is 1. The number of carbonyl (C=O) groups excluding carboxylic acids is 1. The second-order valence-corrected chi connectivity index (χ2v) is 9.82. The molecule has 0 bridgehead atoms. The Balaban J connectivity index is 1.40. The van der Waals surface area contributed by atoms with Crippen molar-refractivity contribution in [2.75, 3.05) is 38.2 Å². The van der Waals surface area contributed by atoms with E-state index in [0.29, 0.717) is 47.4 Å². The molecule has 0 aliphatic carbocycles. The standard InChI is InChI=1S/C27H30FN7O3/c1-27(25(36)35-14-3-2-4-15-35)16-37-24(38-17-27)23-33-21(18-6-8-19(28)9-7-18)22(34-23)20-10-13-31-26(32-20)30-12-5-11-29/h6-10,13,24H,2-5,12,14-17H2,1H3,(H,33,34)(H,30,31,32). The fourth-order valence-corrected chi connectivity index (χ4v) is 4.69. The summed E-state index contributed by atoms with van der Waals surface area (Å²) in [7, 11) is 0. The molecule has 2 fully saturated rings. The molecule has 2 aliphatic heterocycles. The van der Waals surface area contributed by atoms with Gasteiger partial charge >= 0.3 is 0 Å². The summed E-state index contributed by atoms with van der Waals surface area (Å²) in [5, 5.41) is 11.8. The van der Waals surface area contributed by atoms with Crippen LogP contribution in [-0.4, -0.2) is 63.6 Å². The Morgan fingerprint density at radius 3 is 2.63 bits per heavy atom. The average molecular weight is 520 g/mol. The molecule has 1 amide bonds. The SMILES string of the molecule is CC1(C(=O)N2CCCCC2)COC(c2nc(-c3ccc(F)cc3)c(-c3ccnc(NCCC#N)n3)[nH]2)OC1. The lowest BCUT2D eigenvalue weighted by Gasteiger charge is -2.40. The number of nitrogens with one attached hydrogen (secondary N) is 2. The molecule has 2 saturated heterocycles. The molecule has 2 N–H and O–H groups in total. The highest BCUT2D eigenvalue weighted by molar-refractivity contribution is 5.83. The van der Waals surface area contributed by atoms with Gasteiger partial charge in [0.1, 0.15) is 5.82 Å². The summed E-state index contributed by atoms with van der Waals surface area (Å²) in [6.45, 7) is 4.24. The van der Waals surface area contributed by atoms with Crippen LogP contribution >= 0.6 is 0 Å². The van der Waals surface area contributed by atoms with Gasteiger partial charge in [0, 0.05) is 31.4 Å². The van der Waals surface area contributed by atoms with Crippen LogP contribution in [0.1, 0.15) is 44.7 Å². The summed E-state index contributed by atoms with van der Waals surface area (Å²) in [6, 6.07) is 9.83. The zero-order valence-electron chi connectivity index (χ0n) is 21.2. The fourth-order valence-electron chi connectivity index (χ4n) is 4.69. The topological polar surface area (TPSA) is 129 Å². The van der Waals surface area contributed by atoms with Gasteiger partial charge in [-0.15, -0.1) is 0 Å². The van der Waals surface area contributed by atoms with E-state index in [1.165, 1.54) is 12.1 Å². The van der Waals surface area contributed by atoms with Crippen LogP contribution in [-0.2, 0) is 14.3 Å². The van der Waals surface area contributed by atoms with Gasteiger partial charge in [0.25, 0.3) is 0 Å². The van der Waals surface area contributed by atoms with Crippen LogP contribution in [0, 0.1) is 22.6 Å². The smallest absolute Gasteiger partial charge is 0.233 e. The van der Waals surface area contributed by atoms with Crippen LogP contribution < -0.4 is 5.32 Å². The van der Waals surface area contributed by atoms with Crippen LogP contribution in [0.25, 0.3) is 22.6 Å². The number of H-pyrrole nitrogens is 1. The summed E-state index contributed by atoms with van der Waals surface area (Å²) in [5.74, 6) is 0.495. The number of piperidine rings is 1. The molecule has 10 nitrogen and oxygen atoms in total. The monoisotopic (exact) mass is 519 g/mol. The fraction of sp³-hybridized carbons (Fsp3) is 0.444. The van der Waals surface area contributed by atoms with E-state index in [1.807, 2.05) is 11.8 Å². The molecule has 0 spiro atoms. The Morgan fingerprint density at radius 1 is 1.18 bits per heavy atom. The van der Waals surface area contributed by atoms with E-state index in [-0.39, 0.29) is 24.9 Å². The number of rotatable bonds is 7. The number of anilines is 1. The highest BCUT2D eigenvalue weighted by atomic mass is 19.1. The molecule has 5 rings (SSSR count). The van der Waals surface area contributed by atoms with Gasteiger partial charge < -0.3 is 24.7 Å². The maximum absolute atomic E-state index is 13.6. The molecule has 3 aromatic rings. The zero-order valence-corrected chi connectivity index (χ0v) is 21.2. The first-order chi connectivity index (χ1) is 18.5. The van der Waals surface area contributed by atoms with E-state index < -0.39 is 11.7 Å². The highest BCUT2D eigenvalue weighted by Gasteiger charge is 2.43. The molecule has 11 heteroatoms. The third-order valence-electron chi connectivity index (χ3n) is 6.76. The lowest BCUT2D eigenvalue weighted by atomic mass is 9.89.